The summed E-state index contributed by atoms with van der Waals surface area (Å²) in [6, 6.07) is 5.63. The predicted octanol–water partition coefficient (Wildman–Crippen LogP) is 1.02. The van der Waals surface area contributed by atoms with Crippen molar-refractivity contribution < 1.29 is 33.4 Å². The predicted molar refractivity (Wildman–Crippen MR) is 120 cm³/mol. The van der Waals surface area contributed by atoms with Gasteiger partial charge in [-0.1, -0.05) is 24.1 Å². The van der Waals surface area contributed by atoms with Crippen LogP contribution in [0.4, 0.5) is 0 Å². The van der Waals surface area contributed by atoms with Crippen LogP contribution >= 0.6 is 8.17 Å². The Hall–Kier alpha value is -2.55. The number of aryl methyl sites for hydroxylation is 1. The summed E-state index contributed by atoms with van der Waals surface area (Å²) in [4.78, 5) is 36.4. The number of terminal acetylenes is 1. The highest BCUT2D eigenvalue weighted by Gasteiger charge is 2.51. The third kappa shape index (κ3) is 6.28. The van der Waals surface area contributed by atoms with Crippen molar-refractivity contribution in [2.24, 2.45) is 0 Å². The lowest BCUT2D eigenvalue weighted by molar-refractivity contribution is -0.0302. The van der Waals surface area contributed by atoms with Gasteiger partial charge in [0, 0.05) is 26.0 Å². The number of aliphatic hydroxyl groups is 2. The fraction of sp³-hybridized carbons (Fsp3) is 0.429. The number of para-hydroxylation sites is 1. The molecule has 1 aromatic heterocycles. The van der Waals surface area contributed by atoms with Crippen LogP contribution in [0.15, 0.2) is 34.0 Å². The van der Waals surface area contributed by atoms with Gasteiger partial charge in [-0.05, 0) is 25.3 Å². The Morgan fingerprint density at radius 3 is 2.70 bits per heavy atom. The largest absolute Gasteiger partial charge is 0.619 e. The number of nitrogens with one attached hydrogen (secondary N) is 1. The molecule has 4 N–H and O–H groups in total. The number of aromatic nitrogens is 2. The molecule has 2 aliphatic heterocycles. The standard InChI is InChI=1S/C19H19N2O7P.2CH4O/c1-3-13-9-21(19(23)20-18(13)22)16-8-7-15(27-16)11-26-29(24)25-10-14-6-4-5-12(2)17(14)28-29;2*1-2/h1,4-6,9,15-16,24H,7-8,10-11H2,2H3;2*2H,1H3/p+1. The molecule has 1 aromatic carbocycles. The molecule has 0 aliphatic carbocycles. The molecule has 0 spiro atoms. The van der Waals surface area contributed by atoms with Gasteiger partial charge in [0.1, 0.15) is 25.0 Å². The Bertz CT molecular complexity index is 1090. The fourth-order valence-corrected chi connectivity index (χ4v) is 4.64. The zero-order chi connectivity index (χ0) is 24.6. The lowest BCUT2D eigenvalue weighted by atomic mass is 10.1. The summed E-state index contributed by atoms with van der Waals surface area (Å²) in [6.45, 7) is 2.10. The van der Waals surface area contributed by atoms with Crippen LogP contribution in [0.25, 0.3) is 0 Å². The Morgan fingerprint density at radius 2 is 2.00 bits per heavy atom. The smallest absolute Gasteiger partial charge is 0.400 e. The van der Waals surface area contributed by atoms with Crippen molar-refractivity contribution in [1.29, 1.82) is 0 Å². The molecule has 11 nitrogen and oxygen atoms in total. The van der Waals surface area contributed by atoms with E-state index in [1.165, 1.54) is 10.8 Å². The third-order valence-electron chi connectivity index (χ3n) is 4.83. The van der Waals surface area contributed by atoms with Gasteiger partial charge in [0.15, 0.2) is 5.75 Å². The van der Waals surface area contributed by atoms with Crippen LogP contribution in [0.3, 0.4) is 0 Å². The van der Waals surface area contributed by atoms with Gasteiger partial charge in [-0.15, -0.1) is 15.5 Å². The van der Waals surface area contributed by atoms with Crippen molar-refractivity contribution in [2.45, 2.75) is 38.7 Å². The van der Waals surface area contributed by atoms with Gasteiger partial charge in [0.05, 0.1) is 6.10 Å². The quantitative estimate of drug-likeness (QED) is 0.369. The molecule has 3 unspecified atom stereocenters. The first-order chi connectivity index (χ1) is 15.9. The molecule has 1 fully saturated rings. The van der Waals surface area contributed by atoms with Crippen molar-refractivity contribution in [3.63, 3.8) is 0 Å². The molecule has 0 bridgehead atoms. The van der Waals surface area contributed by atoms with Gasteiger partial charge in [-0.2, -0.15) is 4.89 Å². The highest BCUT2D eigenvalue weighted by Crippen LogP contribution is 2.62. The Balaban J connectivity index is 0.000000914. The monoisotopic (exact) mass is 483 g/mol. The molecule has 3 heterocycles. The van der Waals surface area contributed by atoms with Crippen molar-refractivity contribution in [3.05, 3.63) is 61.9 Å². The van der Waals surface area contributed by atoms with Crippen molar-refractivity contribution in [3.8, 4) is 18.1 Å². The van der Waals surface area contributed by atoms with Gasteiger partial charge >= 0.3 is 13.9 Å². The maximum atomic E-state index is 12.1. The number of hydrogen-bond acceptors (Lipinski definition) is 9. The van der Waals surface area contributed by atoms with Crippen LogP contribution in [0, 0.1) is 19.3 Å². The molecule has 180 valence electrons. The van der Waals surface area contributed by atoms with E-state index in [2.05, 4.69) is 10.9 Å². The number of hydrogen-bond donors (Lipinski definition) is 4. The molecule has 0 saturated carbocycles. The molecular formula is C21H28N2O9P+. The lowest BCUT2D eigenvalue weighted by Gasteiger charge is -2.23. The van der Waals surface area contributed by atoms with E-state index in [0.717, 1.165) is 25.3 Å². The molecule has 2 aromatic rings. The zero-order valence-electron chi connectivity index (χ0n) is 18.6. The molecule has 1 saturated heterocycles. The molecule has 2 aliphatic rings. The van der Waals surface area contributed by atoms with Crippen molar-refractivity contribution in [2.75, 3.05) is 20.8 Å². The van der Waals surface area contributed by atoms with Gasteiger partial charge in [-0.3, -0.25) is 18.9 Å². The van der Waals surface area contributed by atoms with E-state index in [4.69, 9.17) is 34.9 Å². The van der Waals surface area contributed by atoms with Crippen LogP contribution in [0.5, 0.6) is 5.75 Å². The minimum atomic E-state index is -3.52. The average Bonchev–Trinajstić information content (AvgIpc) is 3.30. The van der Waals surface area contributed by atoms with Crippen molar-refractivity contribution >= 4 is 8.17 Å². The number of ether oxygens (including phenoxy) is 1. The number of benzene rings is 1. The van der Waals surface area contributed by atoms with Gasteiger partial charge < -0.3 is 14.9 Å². The second-order valence-electron chi connectivity index (χ2n) is 6.84. The summed E-state index contributed by atoms with van der Waals surface area (Å²) in [5, 5.41) is 14.0. The van der Waals surface area contributed by atoms with Crippen LogP contribution in [0.1, 0.15) is 35.8 Å². The van der Waals surface area contributed by atoms with Gasteiger partial charge in [0.25, 0.3) is 5.56 Å². The molecule has 0 amide bonds. The lowest BCUT2D eigenvalue weighted by Crippen LogP contribution is -2.33. The summed E-state index contributed by atoms with van der Waals surface area (Å²) in [5.74, 6) is 2.81. The molecule has 12 heteroatoms. The molecule has 4 rings (SSSR count). The number of nitrogens with zero attached hydrogens (tertiary/aromatic N) is 1. The number of rotatable bonds is 4. The first-order valence-corrected chi connectivity index (χ1v) is 11.4. The van der Waals surface area contributed by atoms with Crippen LogP contribution < -0.4 is 15.8 Å². The minimum absolute atomic E-state index is 0.0299. The highest BCUT2D eigenvalue weighted by atomic mass is 31.2. The summed E-state index contributed by atoms with van der Waals surface area (Å²) in [7, 11) is -1.52. The third-order valence-corrected chi connectivity index (χ3v) is 6.17. The zero-order valence-corrected chi connectivity index (χ0v) is 19.4. The second kappa shape index (κ2) is 12.1. The second-order valence-corrected chi connectivity index (χ2v) is 8.47. The number of aliphatic hydroxyl groups excluding tert-OH is 2. The first-order valence-electron chi connectivity index (χ1n) is 9.94. The van der Waals surface area contributed by atoms with Gasteiger partial charge in [0.2, 0.25) is 0 Å². The number of H-pyrrole nitrogens is 1. The average molecular weight is 483 g/mol. The normalized spacial score (nSPS) is 23.1. The highest BCUT2D eigenvalue weighted by molar-refractivity contribution is 7.55. The van der Waals surface area contributed by atoms with Crippen molar-refractivity contribution in [1.82, 2.24) is 9.55 Å². The van der Waals surface area contributed by atoms with E-state index in [1.807, 2.05) is 25.1 Å². The van der Waals surface area contributed by atoms with Gasteiger partial charge in [-0.25, -0.2) is 4.79 Å². The Morgan fingerprint density at radius 1 is 1.27 bits per heavy atom. The van der Waals surface area contributed by atoms with Crippen LogP contribution in [-0.2, 0) is 20.4 Å². The number of fused-ring (bicyclic) bond motifs is 1. The van der Waals surface area contributed by atoms with E-state index < -0.39 is 25.6 Å². The molecule has 3 atom stereocenters. The fourth-order valence-electron chi connectivity index (χ4n) is 3.31. The Labute approximate surface area is 191 Å². The van der Waals surface area contributed by atoms with Crippen LogP contribution in [-0.4, -0.2) is 51.6 Å². The topological polar surface area (TPSA) is 152 Å². The Kier molecular flexibility index (Phi) is 9.76. The molecule has 0 radical (unpaired) electrons. The minimum Gasteiger partial charge on any atom is -0.400 e. The SMILES string of the molecule is C#Cc1cn(C2CCC(CO[P+]3(O)OCc4cccc(C)c4O3)O2)c(=O)[nH]c1=O.CO.CO. The van der Waals surface area contributed by atoms with E-state index >= 15 is 0 Å². The van der Waals surface area contributed by atoms with E-state index in [0.29, 0.717) is 18.6 Å². The maximum Gasteiger partial charge on any atom is 0.619 e. The molecule has 33 heavy (non-hydrogen) atoms. The van der Waals surface area contributed by atoms with E-state index in [9.17, 15) is 14.5 Å². The molecular weight excluding hydrogens is 455 g/mol. The maximum absolute atomic E-state index is 12.1. The summed E-state index contributed by atoms with van der Waals surface area (Å²) >= 11 is 0. The van der Waals surface area contributed by atoms with Crippen LogP contribution in [0.2, 0.25) is 0 Å². The van der Waals surface area contributed by atoms with E-state index in [-0.39, 0.29) is 24.9 Å². The summed E-state index contributed by atoms with van der Waals surface area (Å²) in [6.07, 6.45) is 6.71. The van der Waals surface area contributed by atoms with E-state index in [1.54, 1.807) is 0 Å². The summed E-state index contributed by atoms with van der Waals surface area (Å²) in [5.41, 5.74) is 0.564. The number of aromatic amines is 1. The first kappa shape index (κ1) is 26.7. The summed E-state index contributed by atoms with van der Waals surface area (Å²) < 4.78 is 23.7.